The van der Waals surface area contributed by atoms with Gasteiger partial charge in [-0.3, -0.25) is 15.6 Å². The van der Waals surface area contributed by atoms with Gasteiger partial charge in [0.15, 0.2) is 6.20 Å². The number of likely N-dealkylation sites (N-methyl/N-ethyl adjacent to an activating group) is 1. The lowest BCUT2D eigenvalue weighted by atomic mass is 9.94. The van der Waals surface area contributed by atoms with Gasteiger partial charge in [0, 0.05) is 42.7 Å². The molecule has 0 amide bonds. The van der Waals surface area contributed by atoms with Crippen molar-refractivity contribution >= 4 is 29.2 Å². The smallest absolute Gasteiger partial charge is 0.232 e. The van der Waals surface area contributed by atoms with Gasteiger partial charge in [0.1, 0.15) is 11.7 Å². The standard InChI is InChI=1S/C45H54N7.C2H4.CH5N/c1-7-11-12-15-39(9-3)45(50-6,51-43(10-4)44-16-13-14-33-52(44)48)32-31-38(20-19-37-23-28-41(47)29-24-37)34-42(49-5)30-25-35(8-2)17-18-36-21-26-40(46)27-22-36;2*1-2/h7-29,31-34,43,50-51H,2,4,30,46-48H2,1,3,5-6H3;1-2H2;2H2,1H3/q+1;;/b11-7-,15-12-,18-17+,20-19+,32-31-,35-25+,38-34-,39-9-,49-42?;;. The highest BCUT2D eigenvalue weighted by atomic mass is 15.3. The molecule has 2 unspecified atom stereocenters. The Labute approximate surface area is 336 Å². The number of hydrogen-bond acceptors (Lipinski definition) is 7. The maximum atomic E-state index is 6.37. The van der Waals surface area contributed by atoms with Crippen LogP contribution in [0, 0.1) is 0 Å². The van der Waals surface area contributed by atoms with E-state index in [1.165, 1.54) is 7.05 Å². The fourth-order valence-corrected chi connectivity index (χ4v) is 5.31. The van der Waals surface area contributed by atoms with E-state index in [1.54, 1.807) is 4.68 Å². The normalized spacial score (nSPS) is 14.4. The van der Waals surface area contributed by atoms with Crippen molar-refractivity contribution in [1.29, 1.82) is 0 Å². The number of nitrogen functional groups attached to an aromatic ring is 3. The molecule has 56 heavy (non-hydrogen) atoms. The van der Waals surface area contributed by atoms with Crippen molar-refractivity contribution in [2.45, 2.75) is 32.0 Å². The number of nitrogens with one attached hydrogen (secondary N) is 2. The first kappa shape index (κ1) is 47.7. The average molecular weight is 752 g/mol. The summed E-state index contributed by atoms with van der Waals surface area (Å²) in [5.41, 5.74) is 23.7. The number of nitrogens with zero attached hydrogens (tertiary/aromatic N) is 2. The average Bonchev–Trinajstić information content (AvgIpc) is 3.24. The Kier molecular flexibility index (Phi) is 23.2. The van der Waals surface area contributed by atoms with Crippen LogP contribution in [0.2, 0.25) is 0 Å². The van der Waals surface area contributed by atoms with Crippen LogP contribution in [-0.4, -0.2) is 32.5 Å². The maximum absolute atomic E-state index is 6.37. The van der Waals surface area contributed by atoms with Gasteiger partial charge in [-0.05, 0) is 98.3 Å². The summed E-state index contributed by atoms with van der Waals surface area (Å²) in [6.07, 6.45) is 33.0. The number of benzene rings is 2. The summed E-state index contributed by atoms with van der Waals surface area (Å²) >= 11 is 0. The molecule has 0 radical (unpaired) electrons. The highest BCUT2D eigenvalue weighted by molar-refractivity contribution is 5.97. The number of rotatable bonds is 18. The van der Waals surface area contributed by atoms with Gasteiger partial charge in [0.2, 0.25) is 5.69 Å². The molecule has 10 N–H and O–H groups in total. The number of hydrogen-bond donors (Lipinski definition) is 6. The molecule has 0 aliphatic carbocycles. The molecule has 3 aromatic rings. The molecule has 0 bridgehead atoms. The first-order valence-corrected chi connectivity index (χ1v) is 18.4. The summed E-state index contributed by atoms with van der Waals surface area (Å²) in [6.45, 7) is 18.2. The number of anilines is 2. The van der Waals surface area contributed by atoms with Crippen LogP contribution in [0.3, 0.4) is 0 Å². The van der Waals surface area contributed by atoms with Gasteiger partial charge in [-0.1, -0.05) is 115 Å². The Morgan fingerprint density at radius 2 is 1.43 bits per heavy atom. The minimum absolute atomic E-state index is 0.303. The Hall–Kier alpha value is -6.32. The van der Waals surface area contributed by atoms with Crippen LogP contribution in [0.15, 0.2) is 200 Å². The lowest BCUT2D eigenvalue weighted by Gasteiger charge is -2.35. The molecular weight excluding hydrogens is 689 g/mol. The van der Waals surface area contributed by atoms with E-state index in [9.17, 15) is 0 Å². The summed E-state index contributed by atoms with van der Waals surface area (Å²) < 4.78 is 1.61. The van der Waals surface area contributed by atoms with E-state index < -0.39 is 5.66 Å². The van der Waals surface area contributed by atoms with Crippen molar-refractivity contribution in [2.75, 3.05) is 38.5 Å². The molecule has 8 nitrogen and oxygen atoms in total. The first-order valence-electron chi connectivity index (χ1n) is 18.4. The number of aliphatic imine (C=N–C) groups is 1. The van der Waals surface area contributed by atoms with Crippen molar-refractivity contribution in [2.24, 2.45) is 10.7 Å². The molecule has 3 rings (SSSR count). The monoisotopic (exact) mass is 752 g/mol. The van der Waals surface area contributed by atoms with Crippen LogP contribution in [0.4, 0.5) is 11.4 Å². The summed E-state index contributed by atoms with van der Waals surface area (Å²) in [5.74, 6) is 6.37. The highest BCUT2D eigenvalue weighted by Gasteiger charge is 2.33. The quantitative estimate of drug-likeness (QED) is 0.0146. The van der Waals surface area contributed by atoms with Gasteiger partial charge >= 0.3 is 0 Å². The maximum Gasteiger partial charge on any atom is 0.232 e. The molecule has 2 atom stereocenters. The van der Waals surface area contributed by atoms with Gasteiger partial charge in [0.25, 0.3) is 0 Å². The molecule has 1 aromatic heterocycles. The van der Waals surface area contributed by atoms with Crippen LogP contribution >= 0.6 is 0 Å². The topological polar surface area (TPSA) is 144 Å². The van der Waals surface area contributed by atoms with Gasteiger partial charge in [-0.2, -0.15) is 0 Å². The van der Waals surface area contributed by atoms with Crippen molar-refractivity contribution < 1.29 is 4.68 Å². The van der Waals surface area contributed by atoms with Gasteiger partial charge in [-0.15, -0.1) is 19.7 Å². The summed E-state index contributed by atoms with van der Waals surface area (Å²) in [4.78, 5) is 4.65. The van der Waals surface area contributed by atoms with Crippen molar-refractivity contribution in [1.82, 2.24) is 10.6 Å². The molecule has 0 spiro atoms. The predicted molar refractivity (Wildman–Crippen MR) is 247 cm³/mol. The number of allylic oxidation sites excluding steroid dienone is 12. The van der Waals surface area contributed by atoms with E-state index in [1.807, 2.05) is 143 Å². The minimum Gasteiger partial charge on any atom is -0.399 e. The fourth-order valence-electron chi connectivity index (χ4n) is 5.31. The van der Waals surface area contributed by atoms with E-state index in [-0.39, 0.29) is 6.04 Å². The number of pyridine rings is 1. The van der Waals surface area contributed by atoms with Crippen molar-refractivity contribution in [3.8, 4) is 0 Å². The van der Waals surface area contributed by atoms with E-state index in [0.717, 1.165) is 44.9 Å². The summed E-state index contributed by atoms with van der Waals surface area (Å²) in [5, 5.41) is 7.35. The Morgan fingerprint density at radius 3 is 1.91 bits per heavy atom. The zero-order valence-electron chi connectivity index (χ0n) is 33.9. The van der Waals surface area contributed by atoms with E-state index in [4.69, 9.17) is 17.3 Å². The second kappa shape index (κ2) is 27.3. The molecule has 1 heterocycles. The third-order valence-corrected chi connectivity index (χ3v) is 8.34. The SMILES string of the molecule is C=C.C=CC(/C=C/c1ccc(N)cc1)=C\CC(/C=C(\C=C/C(NC)(NC(C=C)c1cccc[n+]1N)C(/C=C\C=C/C)=C\C)/C=C/c1ccc(N)cc1)=NC.CN. The molecule has 0 fully saturated rings. The summed E-state index contributed by atoms with van der Waals surface area (Å²) in [6, 6.07) is 21.1. The Morgan fingerprint density at radius 1 is 0.839 bits per heavy atom. The molecule has 0 aliphatic heterocycles. The Balaban J connectivity index is 0.00000379. The van der Waals surface area contributed by atoms with Crippen LogP contribution in [0.5, 0.6) is 0 Å². The highest BCUT2D eigenvalue weighted by Crippen LogP contribution is 2.24. The van der Waals surface area contributed by atoms with Gasteiger partial charge in [0.05, 0.1) is 0 Å². The largest absolute Gasteiger partial charge is 0.399 e. The van der Waals surface area contributed by atoms with Gasteiger partial charge < -0.3 is 17.2 Å². The number of nitrogens with two attached hydrogens (primary N) is 4. The number of aromatic nitrogens is 1. The molecule has 8 heteroatoms. The Bertz CT molecular complexity index is 1920. The molecular formula is C48H63N8+. The molecule has 0 saturated carbocycles. The zero-order chi connectivity index (χ0) is 41.8. The van der Waals surface area contributed by atoms with Gasteiger partial charge in [-0.25, -0.2) is 5.84 Å². The second-order valence-electron chi connectivity index (χ2n) is 11.9. The zero-order valence-corrected chi connectivity index (χ0v) is 33.9. The molecule has 0 aliphatic rings. The van der Waals surface area contributed by atoms with Crippen LogP contribution in [0.1, 0.15) is 43.1 Å². The van der Waals surface area contributed by atoms with E-state index in [0.29, 0.717) is 12.1 Å². The first-order chi connectivity index (χ1) is 27.2. The van der Waals surface area contributed by atoms with Crippen molar-refractivity contribution in [3.63, 3.8) is 0 Å². The molecule has 294 valence electrons. The summed E-state index contributed by atoms with van der Waals surface area (Å²) in [7, 11) is 5.24. The predicted octanol–water partition coefficient (Wildman–Crippen LogP) is 8.52. The lowest BCUT2D eigenvalue weighted by molar-refractivity contribution is -0.648. The van der Waals surface area contributed by atoms with E-state index in [2.05, 4.69) is 96.3 Å². The third-order valence-electron chi connectivity index (χ3n) is 8.34. The van der Waals surface area contributed by atoms with Crippen LogP contribution < -0.4 is 38.4 Å². The second-order valence-corrected chi connectivity index (χ2v) is 11.9. The molecule has 0 saturated heterocycles. The van der Waals surface area contributed by atoms with Crippen LogP contribution in [0.25, 0.3) is 12.2 Å². The van der Waals surface area contributed by atoms with E-state index >= 15 is 0 Å². The van der Waals surface area contributed by atoms with Crippen molar-refractivity contribution in [3.05, 3.63) is 212 Å². The minimum atomic E-state index is -0.838. The fraction of sp³-hybridized carbons (Fsp3) is 0.167. The lowest BCUT2D eigenvalue weighted by Crippen LogP contribution is -2.58. The third kappa shape index (κ3) is 16.0. The molecule has 2 aromatic carbocycles. The van der Waals surface area contributed by atoms with Crippen LogP contribution in [-0.2, 0) is 0 Å².